The maximum Gasteiger partial charge on any atom is 0.242 e. The average Bonchev–Trinajstić information content (AvgIpc) is 2.75. The van der Waals surface area contributed by atoms with Crippen molar-refractivity contribution in [1.82, 2.24) is 10.6 Å². The molecule has 5 nitrogen and oxygen atoms in total. The number of carbonyl (C=O) groups excluding carboxylic acids is 2. The van der Waals surface area contributed by atoms with Gasteiger partial charge < -0.3 is 16.4 Å². The Bertz CT molecular complexity index is 409. The third kappa shape index (κ3) is 4.85. The number of hydrogen-bond acceptors (Lipinski definition) is 4. The van der Waals surface area contributed by atoms with Crippen molar-refractivity contribution in [1.29, 1.82) is 0 Å². The van der Waals surface area contributed by atoms with Crippen molar-refractivity contribution < 1.29 is 9.59 Å². The summed E-state index contributed by atoms with van der Waals surface area (Å²) < 4.78 is 0. The highest BCUT2D eigenvalue weighted by molar-refractivity contribution is 7.10. The molecule has 1 aromatic rings. The minimum Gasteiger partial charge on any atom is -0.350 e. The van der Waals surface area contributed by atoms with E-state index in [9.17, 15) is 9.59 Å². The Balaban J connectivity index is 2.40. The van der Waals surface area contributed by atoms with E-state index in [0.29, 0.717) is 0 Å². The molecule has 0 aromatic carbocycles. The van der Waals surface area contributed by atoms with Gasteiger partial charge in [0.25, 0.3) is 0 Å². The highest BCUT2D eigenvalue weighted by Crippen LogP contribution is 2.16. The summed E-state index contributed by atoms with van der Waals surface area (Å²) in [5.41, 5.74) is 5.46. The molecule has 0 aliphatic heterocycles. The smallest absolute Gasteiger partial charge is 0.242 e. The van der Waals surface area contributed by atoms with E-state index < -0.39 is 6.04 Å². The zero-order valence-electron chi connectivity index (χ0n) is 10.8. The largest absolute Gasteiger partial charge is 0.350 e. The minimum atomic E-state index is -0.715. The lowest BCUT2D eigenvalue weighted by Gasteiger charge is -2.20. The quantitative estimate of drug-likeness (QED) is 0.755. The third-order valence-electron chi connectivity index (χ3n) is 2.07. The monoisotopic (exact) mass is 269 g/mol. The number of nitrogens with two attached hydrogens (primary N) is 1. The van der Waals surface area contributed by atoms with E-state index in [0.717, 1.165) is 4.88 Å². The Morgan fingerprint density at radius 1 is 1.44 bits per heavy atom. The second kappa shape index (κ2) is 5.97. The molecule has 18 heavy (non-hydrogen) atoms. The van der Waals surface area contributed by atoms with Crippen LogP contribution in [0.1, 0.15) is 31.7 Å². The van der Waals surface area contributed by atoms with Crippen LogP contribution in [0.4, 0.5) is 0 Å². The van der Waals surface area contributed by atoms with Crippen LogP contribution in [0.3, 0.4) is 0 Å². The summed E-state index contributed by atoms with van der Waals surface area (Å²) in [5, 5.41) is 7.14. The number of hydrogen-bond donors (Lipinski definition) is 3. The number of carbonyl (C=O) groups is 2. The zero-order chi connectivity index (χ0) is 13.8. The van der Waals surface area contributed by atoms with Gasteiger partial charge >= 0.3 is 0 Å². The van der Waals surface area contributed by atoms with Crippen molar-refractivity contribution in [3.63, 3.8) is 0 Å². The lowest BCUT2D eigenvalue weighted by atomic mass is 10.1. The molecule has 0 spiro atoms. The fraction of sp³-hybridized carbons (Fsp3) is 0.500. The summed E-state index contributed by atoms with van der Waals surface area (Å²) in [7, 11) is 0. The van der Waals surface area contributed by atoms with Crippen molar-refractivity contribution in [2.45, 2.75) is 32.4 Å². The molecule has 0 bridgehead atoms. The minimum absolute atomic E-state index is 0.0603. The predicted molar refractivity (Wildman–Crippen MR) is 72.2 cm³/mol. The van der Waals surface area contributed by atoms with E-state index >= 15 is 0 Å². The molecule has 1 unspecified atom stereocenters. The molecule has 2 amide bonds. The summed E-state index contributed by atoms with van der Waals surface area (Å²) in [5.74, 6) is -0.573. The maximum atomic E-state index is 11.7. The van der Waals surface area contributed by atoms with E-state index in [1.165, 1.54) is 11.3 Å². The van der Waals surface area contributed by atoms with Gasteiger partial charge in [-0.3, -0.25) is 9.59 Å². The predicted octanol–water partition coefficient (Wildman–Crippen LogP) is 0.779. The van der Waals surface area contributed by atoms with Gasteiger partial charge in [0, 0.05) is 10.4 Å². The van der Waals surface area contributed by atoms with Crippen LogP contribution < -0.4 is 16.4 Å². The van der Waals surface area contributed by atoms with Gasteiger partial charge in [0.05, 0.1) is 6.54 Å². The summed E-state index contributed by atoms with van der Waals surface area (Å²) in [6, 6.07) is 2.91. The van der Waals surface area contributed by atoms with Gasteiger partial charge in [0.15, 0.2) is 0 Å². The van der Waals surface area contributed by atoms with Crippen LogP contribution in [0.25, 0.3) is 0 Å². The van der Waals surface area contributed by atoms with Crippen molar-refractivity contribution in [3.05, 3.63) is 22.4 Å². The number of rotatable bonds is 4. The number of nitrogens with one attached hydrogen (secondary N) is 2. The molecule has 0 saturated heterocycles. The second-order valence-electron chi connectivity index (χ2n) is 5.01. The lowest BCUT2D eigenvalue weighted by Crippen LogP contribution is -2.47. The van der Waals surface area contributed by atoms with E-state index in [1.54, 1.807) is 6.07 Å². The molecule has 1 heterocycles. The van der Waals surface area contributed by atoms with Gasteiger partial charge in [-0.2, -0.15) is 0 Å². The number of amides is 2. The summed E-state index contributed by atoms with van der Waals surface area (Å²) >= 11 is 1.42. The maximum absolute atomic E-state index is 11.7. The third-order valence-corrected chi connectivity index (χ3v) is 3.03. The van der Waals surface area contributed by atoms with Gasteiger partial charge in [-0.15, -0.1) is 11.3 Å². The molecular formula is C12H19N3O2S. The highest BCUT2D eigenvalue weighted by atomic mass is 32.1. The van der Waals surface area contributed by atoms with Crippen LogP contribution in [0.5, 0.6) is 0 Å². The summed E-state index contributed by atoms with van der Waals surface area (Å²) in [4.78, 5) is 24.0. The second-order valence-corrected chi connectivity index (χ2v) is 5.99. The van der Waals surface area contributed by atoms with E-state index in [4.69, 9.17) is 5.73 Å². The van der Waals surface area contributed by atoms with E-state index in [-0.39, 0.29) is 23.9 Å². The number of thiophene rings is 1. The SMILES string of the molecule is CC(C)(C)NC(=O)CNC(=O)C(N)c1cccs1. The zero-order valence-corrected chi connectivity index (χ0v) is 11.6. The molecule has 0 fully saturated rings. The van der Waals surface area contributed by atoms with Crippen molar-refractivity contribution >= 4 is 23.2 Å². The first kappa shape index (κ1) is 14.7. The molecule has 6 heteroatoms. The first-order chi connectivity index (χ1) is 8.29. The Hall–Kier alpha value is -1.40. The average molecular weight is 269 g/mol. The molecule has 0 radical (unpaired) electrons. The Kier molecular flexibility index (Phi) is 4.86. The first-order valence-corrected chi connectivity index (χ1v) is 6.55. The first-order valence-electron chi connectivity index (χ1n) is 5.67. The molecular weight excluding hydrogens is 250 g/mol. The fourth-order valence-corrected chi connectivity index (χ4v) is 2.06. The van der Waals surface area contributed by atoms with Gasteiger partial charge in [-0.1, -0.05) is 6.07 Å². The topological polar surface area (TPSA) is 84.2 Å². The van der Waals surface area contributed by atoms with Crippen molar-refractivity contribution in [2.75, 3.05) is 6.54 Å². The summed E-state index contributed by atoms with van der Waals surface area (Å²) in [6.45, 7) is 5.58. The highest BCUT2D eigenvalue weighted by Gasteiger charge is 2.18. The van der Waals surface area contributed by atoms with Gasteiger partial charge in [-0.25, -0.2) is 0 Å². The van der Waals surface area contributed by atoms with Crippen LogP contribution in [0.15, 0.2) is 17.5 Å². The molecule has 1 atom stereocenters. The van der Waals surface area contributed by atoms with Crippen LogP contribution in [0, 0.1) is 0 Å². The Morgan fingerprint density at radius 2 is 2.11 bits per heavy atom. The molecule has 0 aliphatic rings. The van der Waals surface area contributed by atoms with Crippen molar-refractivity contribution in [2.24, 2.45) is 5.73 Å². The molecule has 4 N–H and O–H groups in total. The molecule has 0 aliphatic carbocycles. The molecule has 100 valence electrons. The van der Waals surface area contributed by atoms with Crippen LogP contribution in [-0.4, -0.2) is 23.9 Å². The van der Waals surface area contributed by atoms with Crippen LogP contribution in [-0.2, 0) is 9.59 Å². The Labute approximate surface area is 111 Å². The van der Waals surface area contributed by atoms with Gasteiger partial charge in [0.1, 0.15) is 6.04 Å². The van der Waals surface area contributed by atoms with Crippen LogP contribution in [0.2, 0.25) is 0 Å². The van der Waals surface area contributed by atoms with Crippen LogP contribution >= 0.6 is 11.3 Å². The van der Waals surface area contributed by atoms with E-state index in [1.807, 2.05) is 32.2 Å². The molecule has 1 rings (SSSR count). The van der Waals surface area contributed by atoms with Crippen molar-refractivity contribution in [3.8, 4) is 0 Å². The standard InChI is InChI=1S/C12H19N3O2S/c1-12(2,3)15-9(16)7-14-11(17)10(13)8-5-4-6-18-8/h4-6,10H,7,13H2,1-3H3,(H,14,17)(H,15,16). The Morgan fingerprint density at radius 3 is 2.61 bits per heavy atom. The lowest BCUT2D eigenvalue weighted by molar-refractivity contribution is -0.127. The van der Waals surface area contributed by atoms with Gasteiger partial charge in [0.2, 0.25) is 11.8 Å². The van der Waals surface area contributed by atoms with E-state index in [2.05, 4.69) is 10.6 Å². The summed E-state index contributed by atoms with van der Waals surface area (Å²) in [6.07, 6.45) is 0. The molecule has 1 aromatic heterocycles. The fourth-order valence-electron chi connectivity index (χ4n) is 1.34. The molecule has 0 saturated carbocycles. The van der Waals surface area contributed by atoms with Gasteiger partial charge in [-0.05, 0) is 32.2 Å². The normalized spacial score (nSPS) is 12.9.